The SMILES string of the molecule is O=C(Oc1ccc(N(c2ccccc2)c2ccccc2)cc1)C1C2CC3C(O)OC1C3C2. The van der Waals surface area contributed by atoms with E-state index in [0.717, 1.165) is 29.9 Å². The zero-order valence-electron chi connectivity index (χ0n) is 17.6. The third kappa shape index (κ3) is 3.20. The van der Waals surface area contributed by atoms with Crippen molar-refractivity contribution in [3.05, 3.63) is 84.9 Å². The molecule has 3 aromatic rings. The molecule has 0 spiro atoms. The van der Waals surface area contributed by atoms with E-state index in [2.05, 4.69) is 29.2 Å². The van der Waals surface area contributed by atoms with E-state index in [-0.39, 0.29) is 29.8 Å². The van der Waals surface area contributed by atoms with Gasteiger partial charge in [0.2, 0.25) is 0 Å². The monoisotopic (exact) mass is 427 g/mol. The standard InChI is InChI=1S/C27H25NO4/c29-26-23-16-17-15-22(23)25(32-26)24(17)27(30)31-21-13-11-20(12-14-21)28(18-7-3-1-4-8-18)19-9-5-2-6-10-19/h1-14,17,22-26,29H,15-16H2. The van der Waals surface area contributed by atoms with Crippen LogP contribution in [0, 0.1) is 23.7 Å². The van der Waals surface area contributed by atoms with E-state index in [1.807, 2.05) is 60.7 Å². The minimum Gasteiger partial charge on any atom is -0.426 e. The van der Waals surface area contributed by atoms with E-state index in [0.29, 0.717) is 11.7 Å². The first-order valence-corrected chi connectivity index (χ1v) is 11.2. The lowest BCUT2D eigenvalue weighted by Gasteiger charge is -2.26. The van der Waals surface area contributed by atoms with Crippen molar-refractivity contribution in [1.29, 1.82) is 0 Å². The molecule has 32 heavy (non-hydrogen) atoms. The van der Waals surface area contributed by atoms with Gasteiger partial charge in [-0.25, -0.2) is 0 Å². The Morgan fingerprint density at radius 3 is 2.00 bits per heavy atom. The van der Waals surface area contributed by atoms with E-state index in [4.69, 9.17) is 9.47 Å². The summed E-state index contributed by atoms with van der Waals surface area (Å²) in [5.41, 5.74) is 3.08. The van der Waals surface area contributed by atoms with Gasteiger partial charge in [-0.05, 0) is 73.2 Å². The lowest BCUT2D eigenvalue weighted by Crippen LogP contribution is -2.35. The van der Waals surface area contributed by atoms with Crippen LogP contribution in [-0.4, -0.2) is 23.5 Å². The molecule has 6 atom stereocenters. The number of carbonyl (C=O) groups excluding carboxylic acids is 1. The van der Waals surface area contributed by atoms with Gasteiger partial charge in [0.1, 0.15) is 5.75 Å². The van der Waals surface area contributed by atoms with Crippen LogP contribution in [-0.2, 0) is 9.53 Å². The largest absolute Gasteiger partial charge is 0.426 e. The van der Waals surface area contributed by atoms with Gasteiger partial charge in [0.25, 0.3) is 0 Å². The van der Waals surface area contributed by atoms with Gasteiger partial charge in [0, 0.05) is 23.0 Å². The summed E-state index contributed by atoms with van der Waals surface area (Å²) in [4.78, 5) is 15.1. The number of aliphatic hydroxyl groups excluding tert-OH is 1. The number of carbonyl (C=O) groups is 1. The smallest absolute Gasteiger partial charge is 0.317 e. The molecule has 1 N–H and O–H groups in total. The molecule has 0 aromatic heterocycles. The molecule has 5 nitrogen and oxygen atoms in total. The number of esters is 1. The lowest BCUT2D eigenvalue weighted by molar-refractivity contribution is -0.150. The van der Waals surface area contributed by atoms with Crippen molar-refractivity contribution in [3.63, 3.8) is 0 Å². The molecule has 6 unspecified atom stereocenters. The first-order chi connectivity index (χ1) is 15.7. The number of para-hydroxylation sites is 2. The second-order valence-corrected chi connectivity index (χ2v) is 9.00. The van der Waals surface area contributed by atoms with Crippen LogP contribution in [0.5, 0.6) is 5.75 Å². The number of hydrogen-bond donors (Lipinski definition) is 1. The number of anilines is 3. The van der Waals surface area contributed by atoms with Gasteiger partial charge >= 0.3 is 5.97 Å². The molecule has 2 bridgehead atoms. The maximum atomic E-state index is 13.0. The summed E-state index contributed by atoms with van der Waals surface area (Å²) in [6, 6.07) is 28.0. The molecule has 3 aromatic carbocycles. The topological polar surface area (TPSA) is 59.0 Å². The van der Waals surface area contributed by atoms with Crippen LogP contribution >= 0.6 is 0 Å². The molecular formula is C27H25NO4. The molecule has 1 aliphatic heterocycles. The summed E-state index contributed by atoms with van der Waals surface area (Å²) >= 11 is 0. The number of fused-ring (bicyclic) bond motifs is 1. The van der Waals surface area contributed by atoms with E-state index in [9.17, 15) is 9.90 Å². The maximum absolute atomic E-state index is 13.0. The van der Waals surface area contributed by atoms with Gasteiger partial charge in [-0.3, -0.25) is 4.79 Å². The summed E-state index contributed by atoms with van der Waals surface area (Å²) in [6.45, 7) is 0. The van der Waals surface area contributed by atoms with Crippen LogP contribution in [0.3, 0.4) is 0 Å². The van der Waals surface area contributed by atoms with Crippen LogP contribution < -0.4 is 9.64 Å². The Kier molecular flexibility index (Phi) is 4.74. The van der Waals surface area contributed by atoms with Gasteiger partial charge in [-0.1, -0.05) is 36.4 Å². The van der Waals surface area contributed by atoms with Crippen molar-refractivity contribution in [2.24, 2.45) is 23.7 Å². The van der Waals surface area contributed by atoms with Gasteiger partial charge in [-0.2, -0.15) is 0 Å². The third-order valence-corrected chi connectivity index (χ3v) is 7.26. The summed E-state index contributed by atoms with van der Waals surface area (Å²) in [6.07, 6.45) is 0.874. The fourth-order valence-electron chi connectivity index (χ4n) is 5.90. The number of ether oxygens (including phenoxy) is 2. The number of aliphatic hydroxyl groups is 1. The second kappa shape index (κ2) is 7.76. The van der Waals surface area contributed by atoms with Gasteiger partial charge in [0.05, 0.1) is 12.0 Å². The molecule has 3 aliphatic rings. The molecule has 1 saturated heterocycles. The van der Waals surface area contributed by atoms with Gasteiger partial charge in [-0.15, -0.1) is 0 Å². The van der Waals surface area contributed by atoms with Crippen molar-refractivity contribution in [2.45, 2.75) is 25.2 Å². The fraction of sp³-hybridized carbons (Fsp3) is 0.296. The average Bonchev–Trinajstić information content (AvgIpc) is 3.46. The highest BCUT2D eigenvalue weighted by molar-refractivity contribution is 5.79. The van der Waals surface area contributed by atoms with Crippen molar-refractivity contribution in [1.82, 2.24) is 0 Å². The Hall–Kier alpha value is -3.15. The Labute approximate surface area is 187 Å². The Morgan fingerprint density at radius 2 is 1.38 bits per heavy atom. The fourth-order valence-corrected chi connectivity index (χ4v) is 5.90. The van der Waals surface area contributed by atoms with E-state index < -0.39 is 6.29 Å². The minimum atomic E-state index is -0.728. The average molecular weight is 428 g/mol. The number of rotatable bonds is 5. The van der Waals surface area contributed by atoms with E-state index >= 15 is 0 Å². The normalized spacial score (nSPS) is 29.8. The molecule has 162 valence electrons. The van der Waals surface area contributed by atoms with Crippen LogP contribution in [0.25, 0.3) is 0 Å². The van der Waals surface area contributed by atoms with Crippen LogP contribution in [0.1, 0.15) is 12.8 Å². The minimum absolute atomic E-state index is 0.190. The Bertz CT molecular complexity index is 1060. The molecule has 0 radical (unpaired) electrons. The lowest BCUT2D eigenvalue weighted by atomic mass is 9.82. The molecule has 2 saturated carbocycles. The highest BCUT2D eigenvalue weighted by Crippen LogP contribution is 2.58. The third-order valence-electron chi connectivity index (χ3n) is 7.26. The van der Waals surface area contributed by atoms with Crippen LogP contribution in [0.15, 0.2) is 84.9 Å². The molecule has 2 aliphatic carbocycles. The highest BCUT2D eigenvalue weighted by Gasteiger charge is 2.63. The Balaban J connectivity index is 1.22. The molecular weight excluding hydrogens is 402 g/mol. The van der Waals surface area contributed by atoms with E-state index in [1.165, 1.54) is 0 Å². The van der Waals surface area contributed by atoms with Gasteiger partial charge < -0.3 is 19.5 Å². The van der Waals surface area contributed by atoms with E-state index in [1.54, 1.807) is 0 Å². The van der Waals surface area contributed by atoms with Crippen LogP contribution in [0.4, 0.5) is 17.1 Å². The molecule has 3 fully saturated rings. The van der Waals surface area contributed by atoms with Crippen LogP contribution in [0.2, 0.25) is 0 Å². The zero-order chi connectivity index (χ0) is 21.7. The summed E-state index contributed by atoms with van der Waals surface area (Å²) in [5.74, 6) is 0.739. The number of hydrogen-bond acceptors (Lipinski definition) is 5. The summed E-state index contributed by atoms with van der Waals surface area (Å²) in [5, 5.41) is 10.1. The predicted octanol–water partition coefficient (Wildman–Crippen LogP) is 5.05. The second-order valence-electron chi connectivity index (χ2n) is 9.00. The van der Waals surface area contributed by atoms with Gasteiger partial charge in [0.15, 0.2) is 6.29 Å². The first kappa shape index (κ1) is 19.5. The molecule has 5 heteroatoms. The zero-order valence-corrected chi connectivity index (χ0v) is 17.6. The molecule has 1 heterocycles. The van der Waals surface area contributed by atoms with Crippen molar-refractivity contribution >= 4 is 23.0 Å². The summed E-state index contributed by atoms with van der Waals surface area (Å²) in [7, 11) is 0. The quantitative estimate of drug-likeness (QED) is 0.456. The van der Waals surface area contributed by atoms with Crippen molar-refractivity contribution in [2.75, 3.05) is 4.90 Å². The number of benzene rings is 3. The highest BCUT2D eigenvalue weighted by atomic mass is 16.6. The number of nitrogens with zero attached hydrogens (tertiary/aromatic N) is 1. The Morgan fingerprint density at radius 1 is 0.812 bits per heavy atom. The maximum Gasteiger partial charge on any atom is 0.317 e. The first-order valence-electron chi connectivity index (χ1n) is 11.2. The van der Waals surface area contributed by atoms with Crippen molar-refractivity contribution < 1.29 is 19.4 Å². The van der Waals surface area contributed by atoms with Crippen molar-refractivity contribution in [3.8, 4) is 5.75 Å². The summed E-state index contributed by atoms with van der Waals surface area (Å²) < 4.78 is 11.5. The molecule has 0 amide bonds. The molecule has 6 rings (SSSR count). The predicted molar refractivity (Wildman–Crippen MR) is 121 cm³/mol.